The first-order valence-electron chi connectivity index (χ1n) is 3.89. The van der Waals surface area contributed by atoms with Crippen molar-refractivity contribution in [2.24, 2.45) is 12.8 Å². The van der Waals surface area contributed by atoms with Crippen LogP contribution in [0.5, 0.6) is 0 Å². The highest BCUT2D eigenvalue weighted by Crippen LogP contribution is 2.39. The van der Waals surface area contributed by atoms with Crippen molar-refractivity contribution < 1.29 is 23.1 Å². The standard InChI is InChI=1S/C7H7BrF3N3O2/c1-14-4(3(8)2-13-14)6(12,5(15)16)7(9,10)11/h2H,12H2,1H3,(H,15,16). The molecule has 1 heterocycles. The van der Waals surface area contributed by atoms with Gasteiger partial charge in [-0.3, -0.25) is 4.68 Å². The molecule has 0 saturated carbocycles. The molecule has 90 valence electrons. The van der Waals surface area contributed by atoms with Crippen molar-refractivity contribution >= 4 is 21.9 Å². The number of hydrogen-bond acceptors (Lipinski definition) is 3. The first kappa shape index (κ1) is 13.0. The van der Waals surface area contributed by atoms with Gasteiger partial charge in [-0.05, 0) is 15.9 Å². The lowest BCUT2D eigenvalue weighted by atomic mass is 9.96. The zero-order valence-corrected chi connectivity index (χ0v) is 9.50. The Bertz CT molecular complexity index is 412. The molecule has 0 bridgehead atoms. The predicted octanol–water partition coefficient (Wildman–Crippen LogP) is 0.984. The zero-order chi connectivity index (χ0) is 12.7. The quantitative estimate of drug-likeness (QED) is 0.853. The molecule has 16 heavy (non-hydrogen) atoms. The van der Waals surface area contributed by atoms with Crippen LogP contribution in [0.25, 0.3) is 0 Å². The first-order valence-corrected chi connectivity index (χ1v) is 4.68. The van der Waals surface area contributed by atoms with Gasteiger partial charge in [-0.15, -0.1) is 0 Å². The number of nitrogens with zero attached hydrogens (tertiary/aromatic N) is 2. The van der Waals surface area contributed by atoms with Gasteiger partial charge in [-0.2, -0.15) is 18.3 Å². The summed E-state index contributed by atoms with van der Waals surface area (Å²) in [6.07, 6.45) is -4.08. The molecule has 0 aliphatic carbocycles. The van der Waals surface area contributed by atoms with Crippen molar-refractivity contribution in [3.63, 3.8) is 0 Å². The molecule has 0 aromatic carbocycles. The lowest BCUT2D eigenvalue weighted by Crippen LogP contribution is -2.57. The fraction of sp³-hybridized carbons (Fsp3) is 0.429. The van der Waals surface area contributed by atoms with Crippen molar-refractivity contribution in [2.75, 3.05) is 0 Å². The molecule has 0 aliphatic rings. The maximum Gasteiger partial charge on any atom is 0.423 e. The monoisotopic (exact) mass is 301 g/mol. The number of hydrogen-bond donors (Lipinski definition) is 2. The lowest BCUT2D eigenvalue weighted by molar-refractivity contribution is -0.206. The summed E-state index contributed by atoms with van der Waals surface area (Å²) >= 11 is 2.79. The molecule has 3 N–H and O–H groups in total. The van der Waals surface area contributed by atoms with E-state index in [9.17, 15) is 18.0 Å². The third kappa shape index (κ3) is 1.69. The van der Waals surface area contributed by atoms with E-state index < -0.39 is 23.4 Å². The van der Waals surface area contributed by atoms with E-state index in [1.54, 1.807) is 0 Å². The highest BCUT2D eigenvalue weighted by molar-refractivity contribution is 9.10. The van der Waals surface area contributed by atoms with Crippen molar-refractivity contribution in [3.8, 4) is 0 Å². The number of nitrogens with two attached hydrogens (primary N) is 1. The van der Waals surface area contributed by atoms with E-state index in [1.807, 2.05) is 0 Å². The van der Waals surface area contributed by atoms with Crippen LogP contribution < -0.4 is 5.73 Å². The zero-order valence-electron chi connectivity index (χ0n) is 7.92. The highest BCUT2D eigenvalue weighted by Gasteiger charge is 2.62. The second kappa shape index (κ2) is 3.74. The van der Waals surface area contributed by atoms with Gasteiger partial charge in [-0.25, -0.2) is 4.79 Å². The van der Waals surface area contributed by atoms with Gasteiger partial charge >= 0.3 is 12.1 Å². The Hall–Kier alpha value is -1.09. The Kier molecular flexibility index (Phi) is 3.03. The van der Waals surface area contributed by atoms with Crippen LogP contribution in [0.1, 0.15) is 5.69 Å². The van der Waals surface area contributed by atoms with E-state index in [2.05, 4.69) is 21.0 Å². The number of halogens is 4. The SMILES string of the molecule is Cn1ncc(Br)c1C(N)(C(=O)O)C(F)(F)F. The van der Waals surface area contributed by atoms with Gasteiger partial charge in [0.1, 0.15) is 0 Å². The van der Waals surface area contributed by atoms with Crippen molar-refractivity contribution in [1.82, 2.24) is 9.78 Å². The van der Waals surface area contributed by atoms with Gasteiger partial charge in [0.2, 0.25) is 0 Å². The van der Waals surface area contributed by atoms with E-state index in [-0.39, 0.29) is 4.47 Å². The van der Waals surface area contributed by atoms with Gasteiger partial charge in [0.25, 0.3) is 5.54 Å². The van der Waals surface area contributed by atoms with Crippen LogP contribution in [0.3, 0.4) is 0 Å². The molecule has 1 aromatic heterocycles. The largest absolute Gasteiger partial charge is 0.479 e. The minimum Gasteiger partial charge on any atom is -0.479 e. The molecule has 9 heteroatoms. The number of carboxylic acids is 1. The van der Waals surface area contributed by atoms with E-state index >= 15 is 0 Å². The second-order valence-electron chi connectivity index (χ2n) is 3.08. The van der Waals surface area contributed by atoms with E-state index in [0.717, 1.165) is 10.9 Å². The molecular weight excluding hydrogens is 295 g/mol. The molecule has 1 aromatic rings. The fourth-order valence-electron chi connectivity index (χ4n) is 1.21. The third-order valence-corrected chi connectivity index (χ3v) is 2.63. The van der Waals surface area contributed by atoms with Crippen LogP contribution in [0.15, 0.2) is 10.7 Å². The maximum atomic E-state index is 12.7. The molecule has 0 fully saturated rings. The normalized spacial score (nSPS) is 15.9. The number of aromatic nitrogens is 2. The van der Waals surface area contributed by atoms with Crippen LogP contribution in [0, 0.1) is 0 Å². The van der Waals surface area contributed by atoms with Crippen LogP contribution in [-0.2, 0) is 17.4 Å². The Morgan fingerprint density at radius 3 is 2.38 bits per heavy atom. The minimum absolute atomic E-state index is 0.114. The van der Waals surface area contributed by atoms with Crippen molar-refractivity contribution in [2.45, 2.75) is 11.7 Å². The molecule has 0 radical (unpaired) electrons. The average molecular weight is 302 g/mol. The Morgan fingerprint density at radius 1 is 1.62 bits per heavy atom. The summed E-state index contributed by atoms with van der Waals surface area (Å²) in [5, 5.41) is 12.2. The summed E-state index contributed by atoms with van der Waals surface area (Å²) in [4.78, 5) is 10.8. The predicted molar refractivity (Wildman–Crippen MR) is 50.5 cm³/mol. The summed E-state index contributed by atoms with van der Waals surface area (Å²) in [6, 6.07) is 0. The fourth-order valence-corrected chi connectivity index (χ4v) is 1.87. The third-order valence-electron chi connectivity index (χ3n) is 2.05. The number of aliphatic carboxylic acids is 1. The molecule has 0 amide bonds. The van der Waals surface area contributed by atoms with Gasteiger partial charge < -0.3 is 10.8 Å². The molecular formula is C7H7BrF3N3O2. The summed E-state index contributed by atoms with van der Waals surface area (Å²) < 4.78 is 38.8. The topological polar surface area (TPSA) is 81.1 Å². The van der Waals surface area contributed by atoms with Crippen LogP contribution in [0.2, 0.25) is 0 Å². The smallest absolute Gasteiger partial charge is 0.423 e. The number of carboxylic acid groups (broad SMARTS) is 1. The van der Waals surface area contributed by atoms with Crippen molar-refractivity contribution in [1.29, 1.82) is 0 Å². The Labute approximate surface area is 96.2 Å². The molecule has 5 nitrogen and oxygen atoms in total. The summed E-state index contributed by atoms with van der Waals surface area (Å²) in [6.45, 7) is 0. The van der Waals surface area contributed by atoms with Crippen LogP contribution in [-0.4, -0.2) is 27.0 Å². The van der Waals surface area contributed by atoms with E-state index in [4.69, 9.17) is 10.8 Å². The molecule has 1 atom stereocenters. The summed E-state index contributed by atoms with van der Waals surface area (Å²) in [5.74, 6) is -2.19. The minimum atomic E-state index is -5.13. The summed E-state index contributed by atoms with van der Waals surface area (Å²) in [7, 11) is 1.18. The van der Waals surface area contributed by atoms with Gasteiger partial charge in [-0.1, -0.05) is 0 Å². The Morgan fingerprint density at radius 2 is 2.12 bits per heavy atom. The van der Waals surface area contributed by atoms with E-state index in [1.165, 1.54) is 7.05 Å². The molecule has 0 saturated heterocycles. The van der Waals surface area contributed by atoms with Crippen LogP contribution >= 0.6 is 15.9 Å². The van der Waals surface area contributed by atoms with E-state index in [0.29, 0.717) is 0 Å². The molecule has 0 aliphatic heterocycles. The molecule has 1 rings (SSSR count). The number of aryl methyl sites for hydroxylation is 1. The number of alkyl halides is 3. The maximum absolute atomic E-state index is 12.7. The average Bonchev–Trinajstić information content (AvgIpc) is 2.43. The highest BCUT2D eigenvalue weighted by atomic mass is 79.9. The summed E-state index contributed by atoms with van der Waals surface area (Å²) in [5.41, 5.74) is 0.821. The van der Waals surface area contributed by atoms with Crippen molar-refractivity contribution in [3.05, 3.63) is 16.4 Å². The number of rotatable bonds is 2. The lowest BCUT2D eigenvalue weighted by Gasteiger charge is -2.27. The van der Waals surface area contributed by atoms with Gasteiger partial charge in [0.05, 0.1) is 16.4 Å². The number of carbonyl (C=O) groups is 1. The molecule has 0 spiro atoms. The second-order valence-corrected chi connectivity index (χ2v) is 3.93. The van der Waals surface area contributed by atoms with Crippen LogP contribution in [0.4, 0.5) is 13.2 Å². The van der Waals surface area contributed by atoms with Gasteiger partial charge in [0.15, 0.2) is 0 Å². The molecule has 1 unspecified atom stereocenters. The first-order chi connectivity index (χ1) is 7.12. The Balaban J connectivity index is 3.52. The van der Waals surface area contributed by atoms with Gasteiger partial charge in [0, 0.05) is 7.05 Å².